The van der Waals surface area contributed by atoms with E-state index in [-0.39, 0.29) is 29.6 Å². The molecule has 0 radical (unpaired) electrons. The minimum Gasteiger partial charge on any atom is -0.361 e. The number of hydrogen-bond acceptors (Lipinski definition) is 6. The summed E-state index contributed by atoms with van der Waals surface area (Å²) in [6.45, 7) is 7.32. The summed E-state index contributed by atoms with van der Waals surface area (Å²) in [5.41, 5.74) is 2.53. The smallest absolute Gasteiger partial charge is 0.277 e. The number of amides is 1. The Morgan fingerprint density at radius 3 is 2.60 bits per heavy atom. The number of nitrogens with one attached hydrogen (secondary N) is 2. The lowest BCUT2D eigenvalue weighted by Crippen LogP contribution is -2.22. The molecular formula is C16H20N6O3. The van der Waals surface area contributed by atoms with Crippen LogP contribution in [0.5, 0.6) is 0 Å². The minimum absolute atomic E-state index is 0.112. The number of nitrogens with zero attached hydrogens (tertiary/aromatic N) is 4. The van der Waals surface area contributed by atoms with Crippen molar-refractivity contribution in [1.82, 2.24) is 24.7 Å². The van der Waals surface area contributed by atoms with Gasteiger partial charge in [0, 0.05) is 11.1 Å². The molecule has 0 aliphatic heterocycles. The lowest BCUT2D eigenvalue weighted by Gasteiger charge is -2.02. The van der Waals surface area contributed by atoms with Gasteiger partial charge in [-0.3, -0.25) is 20.0 Å². The van der Waals surface area contributed by atoms with Crippen molar-refractivity contribution in [3.63, 3.8) is 0 Å². The number of carbonyl (C=O) groups is 1. The number of fused-ring (bicyclic) bond motifs is 1. The number of H-pyrrole nitrogens is 1. The van der Waals surface area contributed by atoms with E-state index in [1.54, 1.807) is 20.8 Å². The van der Waals surface area contributed by atoms with Crippen LogP contribution < -0.4 is 10.9 Å². The van der Waals surface area contributed by atoms with Crippen molar-refractivity contribution in [2.45, 2.75) is 47.0 Å². The Morgan fingerprint density at radius 1 is 1.20 bits per heavy atom. The summed E-state index contributed by atoms with van der Waals surface area (Å²) < 4.78 is 6.30. The number of hydrogen-bond donors (Lipinski definition) is 2. The van der Waals surface area contributed by atoms with Gasteiger partial charge in [-0.2, -0.15) is 9.50 Å². The summed E-state index contributed by atoms with van der Waals surface area (Å²) >= 11 is 0. The molecule has 3 heterocycles. The van der Waals surface area contributed by atoms with Crippen LogP contribution in [0.2, 0.25) is 0 Å². The number of carbonyl (C=O) groups excluding carboxylic acids is 1. The molecule has 25 heavy (non-hydrogen) atoms. The molecule has 0 saturated heterocycles. The molecule has 0 atom stereocenters. The Hall–Kier alpha value is -2.97. The van der Waals surface area contributed by atoms with E-state index < -0.39 is 0 Å². The Morgan fingerprint density at radius 2 is 1.96 bits per heavy atom. The van der Waals surface area contributed by atoms with Gasteiger partial charge in [0.05, 0.1) is 17.8 Å². The van der Waals surface area contributed by atoms with E-state index in [4.69, 9.17) is 4.52 Å². The van der Waals surface area contributed by atoms with E-state index in [9.17, 15) is 9.59 Å². The highest BCUT2D eigenvalue weighted by molar-refractivity contribution is 5.91. The van der Waals surface area contributed by atoms with Crippen LogP contribution in [0.4, 0.5) is 5.95 Å². The highest BCUT2D eigenvalue weighted by Gasteiger charge is 2.16. The fraction of sp³-hybridized carbons (Fsp3) is 0.438. The van der Waals surface area contributed by atoms with Gasteiger partial charge in [0.1, 0.15) is 5.76 Å². The molecule has 9 heteroatoms. The van der Waals surface area contributed by atoms with Gasteiger partial charge in [-0.15, -0.1) is 0 Å². The van der Waals surface area contributed by atoms with Gasteiger partial charge in [-0.05, 0) is 27.2 Å². The highest BCUT2D eigenvalue weighted by Crippen LogP contribution is 2.14. The van der Waals surface area contributed by atoms with Gasteiger partial charge >= 0.3 is 0 Å². The molecule has 0 saturated carbocycles. The van der Waals surface area contributed by atoms with Gasteiger partial charge in [0.25, 0.3) is 11.3 Å². The zero-order valence-electron chi connectivity index (χ0n) is 14.6. The predicted molar refractivity (Wildman–Crippen MR) is 90.7 cm³/mol. The van der Waals surface area contributed by atoms with Crippen LogP contribution >= 0.6 is 0 Å². The molecule has 0 aliphatic rings. The molecule has 0 aromatic carbocycles. The molecule has 132 valence electrons. The number of aromatic amines is 1. The SMILES string of the molecule is CCCc1c(C)nc2nc(NC(=O)Cc3c(C)noc3C)[nH]n2c1=O. The van der Waals surface area contributed by atoms with Crippen LogP contribution in [-0.2, 0) is 17.6 Å². The molecule has 9 nitrogen and oxygen atoms in total. The first-order valence-electron chi connectivity index (χ1n) is 8.10. The average Bonchev–Trinajstić information content (AvgIpc) is 3.09. The Kier molecular flexibility index (Phi) is 4.39. The van der Waals surface area contributed by atoms with Crippen LogP contribution in [0.25, 0.3) is 5.78 Å². The third-order valence-electron chi connectivity index (χ3n) is 4.07. The lowest BCUT2D eigenvalue weighted by molar-refractivity contribution is -0.115. The zero-order valence-corrected chi connectivity index (χ0v) is 14.6. The van der Waals surface area contributed by atoms with Gasteiger partial charge in [-0.1, -0.05) is 18.5 Å². The van der Waals surface area contributed by atoms with Crippen LogP contribution in [0, 0.1) is 20.8 Å². The summed E-state index contributed by atoms with van der Waals surface area (Å²) in [5, 5.41) is 9.26. The third kappa shape index (κ3) is 3.17. The largest absolute Gasteiger partial charge is 0.361 e. The number of aryl methyl sites for hydroxylation is 3. The van der Waals surface area contributed by atoms with E-state index >= 15 is 0 Å². The van der Waals surface area contributed by atoms with E-state index in [1.165, 1.54) is 4.52 Å². The maximum absolute atomic E-state index is 12.5. The molecule has 1 amide bonds. The third-order valence-corrected chi connectivity index (χ3v) is 4.07. The minimum atomic E-state index is -0.285. The molecule has 0 spiro atoms. The first kappa shape index (κ1) is 16.9. The first-order valence-corrected chi connectivity index (χ1v) is 8.10. The molecule has 3 aromatic rings. The van der Waals surface area contributed by atoms with E-state index in [2.05, 4.69) is 25.5 Å². The van der Waals surface area contributed by atoms with E-state index in [1.807, 2.05) is 6.92 Å². The summed E-state index contributed by atoms with van der Waals surface area (Å²) in [4.78, 5) is 33.2. The molecule has 3 rings (SSSR count). The Labute approximate surface area is 143 Å². The number of aromatic nitrogens is 5. The highest BCUT2D eigenvalue weighted by atomic mass is 16.5. The van der Waals surface area contributed by atoms with Crippen molar-refractivity contribution in [1.29, 1.82) is 0 Å². The van der Waals surface area contributed by atoms with Crippen LogP contribution in [0.3, 0.4) is 0 Å². The lowest BCUT2D eigenvalue weighted by atomic mass is 10.1. The number of rotatable bonds is 5. The fourth-order valence-corrected chi connectivity index (χ4v) is 2.74. The maximum atomic E-state index is 12.5. The monoisotopic (exact) mass is 344 g/mol. The maximum Gasteiger partial charge on any atom is 0.277 e. The van der Waals surface area contributed by atoms with E-state index in [0.29, 0.717) is 29.1 Å². The molecule has 0 fully saturated rings. The second kappa shape index (κ2) is 6.50. The van der Waals surface area contributed by atoms with Crippen molar-refractivity contribution in [2.24, 2.45) is 0 Å². The topological polar surface area (TPSA) is 118 Å². The summed E-state index contributed by atoms with van der Waals surface area (Å²) in [7, 11) is 0. The molecule has 0 unspecified atom stereocenters. The molecule has 2 N–H and O–H groups in total. The fourth-order valence-electron chi connectivity index (χ4n) is 2.74. The van der Waals surface area contributed by atoms with Crippen molar-refractivity contribution in [2.75, 3.05) is 5.32 Å². The zero-order chi connectivity index (χ0) is 18.1. The average molecular weight is 344 g/mol. The summed E-state index contributed by atoms with van der Waals surface area (Å²) in [6, 6.07) is 0. The quantitative estimate of drug-likeness (QED) is 0.723. The molecule has 3 aromatic heterocycles. The van der Waals surface area contributed by atoms with Crippen molar-refractivity contribution in [3.05, 3.63) is 38.6 Å². The molecule has 0 aliphatic carbocycles. The second-order valence-corrected chi connectivity index (χ2v) is 5.97. The second-order valence-electron chi connectivity index (χ2n) is 5.97. The van der Waals surface area contributed by atoms with Gasteiger partial charge < -0.3 is 4.52 Å². The summed E-state index contributed by atoms with van der Waals surface area (Å²) in [5.74, 6) is 0.728. The van der Waals surface area contributed by atoms with Gasteiger partial charge in [0.15, 0.2) is 0 Å². The standard InChI is InChI=1S/C16H20N6O3/c1-5-6-11-8(2)17-16-19-15(20-22(16)14(11)24)18-13(23)7-12-9(3)21-25-10(12)4/h5-7H2,1-4H3,(H2,17,18,19,20,23). The van der Waals surface area contributed by atoms with Gasteiger partial charge in [-0.25, -0.2) is 4.98 Å². The van der Waals surface area contributed by atoms with Crippen molar-refractivity contribution in [3.8, 4) is 0 Å². The molecular weight excluding hydrogens is 324 g/mol. The normalized spacial score (nSPS) is 11.2. The van der Waals surface area contributed by atoms with E-state index in [0.717, 1.165) is 12.0 Å². The van der Waals surface area contributed by atoms with Crippen molar-refractivity contribution >= 4 is 17.6 Å². The Bertz CT molecular complexity index is 978. The predicted octanol–water partition coefficient (Wildman–Crippen LogP) is 1.46. The Balaban J connectivity index is 1.86. The van der Waals surface area contributed by atoms with Crippen LogP contribution in [0.15, 0.2) is 9.32 Å². The number of anilines is 1. The van der Waals surface area contributed by atoms with Gasteiger partial charge in [0.2, 0.25) is 11.9 Å². The van der Waals surface area contributed by atoms with Crippen molar-refractivity contribution < 1.29 is 9.32 Å². The summed E-state index contributed by atoms with van der Waals surface area (Å²) in [6.07, 6.45) is 1.60. The molecule has 0 bridgehead atoms. The van der Waals surface area contributed by atoms with Crippen LogP contribution in [-0.4, -0.2) is 30.6 Å². The van der Waals surface area contributed by atoms with Crippen LogP contribution in [0.1, 0.15) is 41.6 Å². The first-order chi connectivity index (χ1) is 11.9.